The van der Waals surface area contributed by atoms with Gasteiger partial charge in [0.15, 0.2) is 0 Å². The van der Waals surface area contributed by atoms with Crippen LogP contribution < -0.4 is 0 Å². The summed E-state index contributed by atoms with van der Waals surface area (Å²) < 4.78 is 3.38. The van der Waals surface area contributed by atoms with Crippen molar-refractivity contribution in [2.24, 2.45) is 0 Å². The van der Waals surface area contributed by atoms with Crippen molar-refractivity contribution in [1.29, 1.82) is 0 Å². The molecule has 0 radical (unpaired) electrons. The van der Waals surface area contributed by atoms with Gasteiger partial charge in [-0.05, 0) is 42.9 Å². The fraction of sp³-hybridized carbons (Fsp3) is 0.625. The first-order valence-corrected chi connectivity index (χ1v) is 4.94. The van der Waals surface area contributed by atoms with Crippen molar-refractivity contribution in [2.45, 2.75) is 33.7 Å². The monoisotopic (exact) mass is 264 g/mol. The molecule has 0 amide bonds. The molecule has 11 heavy (non-hydrogen) atoms. The molecule has 1 aromatic heterocycles. The van der Waals surface area contributed by atoms with Gasteiger partial charge in [0.05, 0.1) is 9.26 Å². The summed E-state index contributed by atoms with van der Waals surface area (Å²) in [6.45, 7) is 7.39. The molecule has 0 spiro atoms. The van der Waals surface area contributed by atoms with Crippen LogP contribution in [0.4, 0.5) is 0 Å². The Bertz CT molecular complexity index is 253. The highest BCUT2D eigenvalue weighted by Crippen LogP contribution is 2.15. The van der Waals surface area contributed by atoms with E-state index in [-0.39, 0.29) is 0 Å². The van der Waals surface area contributed by atoms with E-state index in [1.54, 1.807) is 0 Å². The summed E-state index contributed by atoms with van der Waals surface area (Å²) in [7, 11) is 0. The number of aromatic nitrogens is 2. The summed E-state index contributed by atoms with van der Waals surface area (Å²) in [5.41, 5.74) is 2.45. The van der Waals surface area contributed by atoms with E-state index in [9.17, 15) is 0 Å². The van der Waals surface area contributed by atoms with Crippen LogP contribution in [0, 0.1) is 17.4 Å². The lowest BCUT2D eigenvalue weighted by Gasteiger charge is -1.99. The summed E-state index contributed by atoms with van der Waals surface area (Å²) >= 11 is 2.35. The molecule has 0 aliphatic carbocycles. The van der Waals surface area contributed by atoms with Gasteiger partial charge in [0.25, 0.3) is 0 Å². The molecule has 2 nitrogen and oxygen atoms in total. The minimum absolute atomic E-state index is 1.04. The lowest BCUT2D eigenvalue weighted by molar-refractivity contribution is 0.583. The molecule has 0 aliphatic heterocycles. The normalized spacial score (nSPS) is 10.5. The maximum Gasteiger partial charge on any atom is 0.0729 e. The Balaban J connectivity index is 2.98. The van der Waals surface area contributed by atoms with Gasteiger partial charge >= 0.3 is 0 Å². The van der Waals surface area contributed by atoms with Crippen LogP contribution >= 0.6 is 22.6 Å². The molecule has 0 N–H and O–H groups in total. The number of rotatable bonds is 2. The molecule has 1 heterocycles. The van der Waals surface area contributed by atoms with Gasteiger partial charge in [0.2, 0.25) is 0 Å². The van der Waals surface area contributed by atoms with Crippen molar-refractivity contribution in [3.05, 3.63) is 15.0 Å². The molecular weight excluding hydrogens is 251 g/mol. The van der Waals surface area contributed by atoms with Crippen molar-refractivity contribution in [1.82, 2.24) is 9.78 Å². The second kappa shape index (κ2) is 3.56. The van der Waals surface area contributed by atoms with E-state index in [4.69, 9.17) is 0 Å². The Morgan fingerprint density at radius 1 is 1.45 bits per heavy atom. The fourth-order valence-electron chi connectivity index (χ4n) is 1.10. The highest BCUT2D eigenvalue weighted by atomic mass is 127. The number of aryl methyl sites for hydroxylation is 2. The third-order valence-corrected chi connectivity index (χ3v) is 3.29. The summed E-state index contributed by atoms with van der Waals surface area (Å²) in [5.74, 6) is 0. The number of halogens is 1. The van der Waals surface area contributed by atoms with Crippen molar-refractivity contribution in [2.75, 3.05) is 0 Å². The molecular formula is C8H13IN2. The first kappa shape index (κ1) is 9.03. The van der Waals surface area contributed by atoms with Gasteiger partial charge in [-0.2, -0.15) is 5.10 Å². The second-order valence-corrected chi connectivity index (χ2v) is 3.79. The van der Waals surface area contributed by atoms with Crippen LogP contribution in [0.15, 0.2) is 0 Å². The van der Waals surface area contributed by atoms with Gasteiger partial charge in [-0.25, -0.2) is 0 Å². The number of hydrogen-bond donors (Lipinski definition) is 0. The first-order valence-electron chi connectivity index (χ1n) is 3.86. The van der Waals surface area contributed by atoms with E-state index in [1.807, 2.05) is 0 Å². The topological polar surface area (TPSA) is 17.8 Å². The van der Waals surface area contributed by atoms with Crippen LogP contribution in [0.1, 0.15) is 24.7 Å². The van der Waals surface area contributed by atoms with Gasteiger partial charge in [-0.15, -0.1) is 0 Å². The van der Waals surface area contributed by atoms with E-state index in [1.165, 1.54) is 9.26 Å². The van der Waals surface area contributed by atoms with E-state index < -0.39 is 0 Å². The highest BCUT2D eigenvalue weighted by molar-refractivity contribution is 14.1. The average Bonchev–Trinajstić information content (AvgIpc) is 2.19. The molecule has 3 heteroatoms. The maximum absolute atomic E-state index is 4.41. The Hall–Kier alpha value is -0.0600. The predicted molar refractivity (Wildman–Crippen MR) is 54.7 cm³/mol. The summed E-state index contributed by atoms with van der Waals surface area (Å²) in [5, 5.41) is 4.41. The molecule has 0 aliphatic rings. The molecule has 0 saturated heterocycles. The Kier molecular flexibility index (Phi) is 2.92. The third kappa shape index (κ3) is 1.75. The predicted octanol–water partition coefficient (Wildman–Crippen LogP) is 2.51. The van der Waals surface area contributed by atoms with Crippen LogP contribution in [0.25, 0.3) is 0 Å². The molecule has 62 valence electrons. The first-order chi connectivity index (χ1) is 5.16. The number of nitrogens with zero attached hydrogens (tertiary/aromatic N) is 2. The van der Waals surface area contributed by atoms with Crippen molar-refractivity contribution < 1.29 is 0 Å². The van der Waals surface area contributed by atoms with Gasteiger partial charge < -0.3 is 0 Å². The molecule has 1 aromatic rings. The number of hydrogen-bond acceptors (Lipinski definition) is 1. The largest absolute Gasteiger partial charge is 0.269 e. The lowest BCUT2D eigenvalue weighted by Crippen LogP contribution is -2.01. The standard InChI is InChI=1S/C8H13IN2/c1-4-5-11-7(3)8(9)6(2)10-11/h4-5H2,1-3H3. The molecule has 0 fully saturated rings. The zero-order valence-corrected chi connectivity index (χ0v) is 9.34. The molecule has 0 saturated carbocycles. The smallest absolute Gasteiger partial charge is 0.0729 e. The lowest BCUT2D eigenvalue weighted by atomic mass is 10.4. The van der Waals surface area contributed by atoms with Gasteiger partial charge in [-0.3, -0.25) is 4.68 Å². The van der Waals surface area contributed by atoms with E-state index in [2.05, 4.69) is 53.1 Å². The minimum atomic E-state index is 1.04. The van der Waals surface area contributed by atoms with Gasteiger partial charge in [-0.1, -0.05) is 6.92 Å². The van der Waals surface area contributed by atoms with Crippen molar-refractivity contribution in [3.63, 3.8) is 0 Å². The van der Waals surface area contributed by atoms with Crippen LogP contribution in [-0.4, -0.2) is 9.78 Å². The highest BCUT2D eigenvalue weighted by Gasteiger charge is 2.06. The van der Waals surface area contributed by atoms with Crippen LogP contribution in [-0.2, 0) is 6.54 Å². The molecule has 1 rings (SSSR count). The van der Waals surface area contributed by atoms with Crippen LogP contribution in [0.5, 0.6) is 0 Å². The van der Waals surface area contributed by atoms with Gasteiger partial charge in [0, 0.05) is 12.2 Å². The quantitative estimate of drug-likeness (QED) is 0.750. The van der Waals surface area contributed by atoms with Crippen LogP contribution in [0.3, 0.4) is 0 Å². The summed E-state index contributed by atoms with van der Waals surface area (Å²) in [6.07, 6.45) is 1.15. The van der Waals surface area contributed by atoms with E-state index in [0.717, 1.165) is 18.7 Å². The summed E-state index contributed by atoms with van der Waals surface area (Å²) in [6, 6.07) is 0. The Morgan fingerprint density at radius 3 is 2.45 bits per heavy atom. The molecule has 0 bridgehead atoms. The zero-order valence-electron chi connectivity index (χ0n) is 7.19. The second-order valence-electron chi connectivity index (χ2n) is 2.71. The fourth-order valence-corrected chi connectivity index (χ4v) is 1.49. The van der Waals surface area contributed by atoms with Gasteiger partial charge in [0.1, 0.15) is 0 Å². The Labute approximate surface area is 81.1 Å². The average molecular weight is 264 g/mol. The minimum Gasteiger partial charge on any atom is -0.269 e. The SMILES string of the molecule is CCCn1nc(C)c(I)c1C. The van der Waals surface area contributed by atoms with E-state index in [0.29, 0.717) is 0 Å². The van der Waals surface area contributed by atoms with Crippen molar-refractivity contribution in [3.8, 4) is 0 Å². The third-order valence-electron chi connectivity index (χ3n) is 1.73. The van der Waals surface area contributed by atoms with E-state index >= 15 is 0 Å². The molecule has 0 atom stereocenters. The van der Waals surface area contributed by atoms with Crippen LogP contribution in [0.2, 0.25) is 0 Å². The zero-order chi connectivity index (χ0) is 8.43. The molecule has 0 aromatic carbocycles. The maximum atomic E-state index is 4.41. The Morgan fingerprint density at radius 2 is 2.09 bits per heavy atom. The molecule has 0 unspecified atom stereocenters. The summed E-state index contributed by atoms with van der Waals surface area (Å²) in [4.78, 5) is 0. The van der Waals surface area contributed by atoms with Crippen molar-refractivity contribution >= 4 is 22.6 Å².